The summed E-state index contributed by atoms with van der Waals surface area (Å²) in [6, 6.07) is 4.75. The molecule has 18 heavy (non-hydrogen) atoms. The van der Waals surface area contributed by atoms with Crippen molar-refractivity contribution >= 4 is 49.9 Å². The minimum Gasteiger partial charge on any atom is -0.310 e. The molecule has 1 N–H and O–H groups in total. The molecule has 2 rings (SSSR count). The maximum atomic E-state index is 4.22. The van der Waals surface area contributed by atoms with Gasteiger partial charge < -0.3 is 5.32 Å². The third kappa shape index (κ3) is 4.01. The Labute approximate surface area is 133 Å². The van der Waals surface area contributed by atoms with Crippen LogP contribution in [-0.4, -0.2) is 11.5 Å². The monoisotopic (exact) mass is 436 g/mol. The van der Waals surface area contributed by atoms with Gasteiger partial charge in [-0.15, -0.1) is 11.3 Å². The predicted molar refractivity (Wildman–Crippen MR) is 89.1 cm³/mol. The van der Waals surface area contributed by atoms with E-state index in [0.717, 1.165) is 17.4 Å². The number of aromatic nitrogens is 1. The maximum Gasteiger partial charge on any atom is 0.0656 e. The van der Waals surface area contributed by atoms with Gasteiger partial charge in [0.15, 0.2) is 0 Å². The molecule has 0 spiro atoms. The van der Waals surface area contributed by atoms with Crippen LogP contribution in [0.25, 0.3) is 0 Å². The van der Waals surface area contributed by atoms with E-state index in [0.29, 0.717) is 6.04 Å². The fraction of sp³-hybridized carbons (Fsp3) is 0.308. The van der Waals surface area contributed by atoms with Gasteiger partial charge in [0.25, 0.3) is 0 Å². The van der Waals surface area contributed by atoms with E-state index in [-0.39, 0.29) is 0 Å². The number of hydrogen-bond donors (Lipinski definition) is 1. The summed E-state index contributed by atoms with van der Waals surface area (Å²) in [4.78, 5) is 4.22. The Morgan fingerprint density at radius 3 is 2.89 bits per heavy atom. The highest BCUT2D eigenvalue weighted by Gasteiger charge is 2.13. The van der Waals surface area contributed by atoms with Gasteiger partial charge in [0.2, 0.25) is 0 Å². The summed E-state index contributed by atoms with van der Waals surface area (Å²) >= 11 is 7.63. The number of pyridine rings is 1. The second kappa shape index (κ2) is 6.98. The Bertz CT molecular complexity index is 515. The van der Waals surface area contributed by atoms with Crippen LogP contribution in [-0.2, 0) is 6.42 Å². The molecule has 0 fully saturated rings. The molecule has 2 aromatic heterocycles. The number of thiophene rings is 1. The molecule has 0 aliphatic heterocycles. The molecular weight excluding hydrogens is 423 g/mol. The van der Waals surface area contributed by atoms with Gasteiger partial charge in [-0.25, -0.2) is 0 Å². The van der Waals surface area contributed by atoms with Gasteiger partial charge in [0.1, 0.15) is 0 Å². The molecule has 0 saturated heterocycles. The molecule has 96 valence electrons. The van der Waals surface area contributed by atoms with Gasteiger partial charge >= 0.3 is 0 Å². The van der Waals surface area contributed by atoms with E-state index in [1.807, 2.05) is 12.4 Å². The summed E-state index contributed by atoms with van der Waals surface area (Å²) in [5, 5.41) is 5.78. The van der Waals surface area contributed by atoms with Crippen molar-refractivity contribution in [1.82, 2.24) is 10.3 Å². The normalized spacial score (nSPS) is 12.6. The molecule has 0 aliphatic rings. The van der Waals surface area contributed by atoms with Gasteiger partial charge in [-0.2, -0.15) is 0 Å². The number of halogens is 2. The van der Waals surface area contributed by atoms with Gasteiger partial charge in [0.05, 0.1) is 2.88 Å². The molecule has 0 bridgehead atoms. The van der Waals surface area contributed by atoms with Crippen molar-refractivity contribution in [2.45, 2.75) is 19.4 Å². The first-order chi connectivity index (χ1) is 8.69. The highest BCUT2D eigenvalue weighted by Crippen LogP contribution is 2.25. The smallest absolute Gasteiger partial charge is 0.0656 e. The van der Waals surface area contributed by atoms with Crippen LogP contribution in [0, 0.1) is 2.88 Å². The molecular formula is C13H14BrIN2S. The van der Waals surface area contributed by atoms with Gasteiger partial charge in [0, 0.05) is 22.9 Å². The summed E-state index contributed by atoms with van der Waals surface area (Å²) in [5.74, 6) is 0. The molecule has 2 aromatic rings. The first kappa shape index (κ1) is 14.4. The second-order valence-electron chi connectivity index (χ2n) is 4.01. The lowest BCUT2D eigenvalue weighted by Crippen LogP contribution is -2.22. The summed E-state index contributed by atoms with van der Waals surface area (Å²) in [6.45, 7) is 3.11. The van der Waals surface area contributed by atoms with Crippen LogP contribution in [0.15, 0.2) is 34.4 Å². The molecule has 2 heterocycles. The second-order valence-corrected chi connectivity index (χ2v) is 7.73. The number of nitrogens with one attached hydrogen (secondary N) is 1. The standard InChI is InChI=1S/C13H14BrIN2S/c1-2-17-12(10-5-13(15)18-8-10)4-9-3-11(14)7-16-6-9/h3,5-8,12,17H,2,4H2,1H3. The van der Waals surface area contributed by atoms with Crippen LogP contribution < -0.4 is 5.32 Å². The quantitative estimate of drug-likeness (QED) is 0.702. The van der Waals surface area contributed by atoms with E-state index < -0.39 is 0 Å². The van der Waals surface area contributed by atoms with Crippen LogP contribution in [0.1, 0.15) is 24.1 Å². The summed E-state index contributed by atoms with van der Waals surface area (Å²) in [5.41, 5.74) is 2.61. The number of nitrogens with zero attached hydrogens (tertiary/aromatic N) is 1. The van der Waals surface area contributed by atoms with Crippen molar-refractivity contribution in [2.75, 3.05) is 6.54 Å². The summed E-state index contributed by atoms with van der Waals surface area (Å²) in [7, 11) is 0. The van der Waals surface area contributed by atoms with Crippen LogP contribution >= 0.6 is 49.9 Å². The van der Waals surface area contributed by atoms with E-state index in [1.54, 1.807) is 11.3 Å². The van der Waals surface area contributed by atoms with E-state index in [9.17, 15) is 0 Å². The number of likely N-dealkylation sites (N-methyl/N-ethyl adjacent to an activating group) is 1. The Kier molecular flexibility index (Phi) is 5.59. The van der Waals surface area contributed by atoms with Crippen molar-refractivity contribution in [3.05, 3.63) is 48.4 Å². The molecule has 0 saturated carbocycles. The van der Waals surface area contributed by atoms with Crippen LogP contribution in [0.2, 0.25) is 0 Å². The Morgan fingerprint density at radius 2 is 2.28 bits per heavy atom. The fourth-order valence-corrected chi connectivity index (χ4v) is 3.70. The van der Waals surface area contributed by atoms with Crippen molar-refractivity contribution in [3.63, 3.8) is 0 Å². The maximum absolute atomic E-state index is 4.22. The zero-order valence-corrected chi connectivity index (χ0v) is 14.5. The zero-order chi connectivity index (χ0) is 13.0. The van der Waals surface area contributed by atoms with E-state index in [2.05, 4.69) is 73.3 Å². The minimum absolute atomic E-state index is 0.367. The van der Waals surface area contributed by atoms with E-state index in [4.69, 9.17) is 0 Å². The molecule has 0 amide bonds. The Hall–Kier alpha value is 0.0200. The van der Waals surface area contributed by atoms with Crippen LogP contribution in [0.5, 0.6) is 0 Å². The first-order valence-electron chi connectivity index (χ1n) is 5.75. The highest BCUT2D eigenvalue weighted by atomic mass is 127. The average Bonchev–Trinajstić information content (AvgIpc) is 2.75. The molecule has 1 unspecified atom stereocenters. The van der Waals surface area contributed by atoms with Crippen molar-refractivity contribution in [2.24, 2.45) is 0 Å². The molecule has 1 atom stereocenters. The van der Waals surface area contributed by atoms with Gasteiger partial charge in [-0.3, -0.25) is 4.98 Å². The number of rotatable bonds is 5. The van der Waals surface area contributed by atoms with Crippen LogP contribution in [0.3, 0.4) is 0 Å². The highest BCUT2D eigenvalue weighted by molar-refractivity contribution is 14.1. The third-order valence-corrected chi connectivity index (χ3v) is 4.88. The fourth-order valence-electron chi connectivity index (χ4n) is 1.86. The first-order valence-corrected chi connectivity index (χ1v) is 8.51. The average molecular weight is 437 g/mol. The van der Waals surface area contributed by atoms with E-state index in [1.165, 1.54) is 14.0 Å². The zero-order valence-electron chi connectivity index (χ0n) is 9.99. The predicted octanol–water partition coefficient (Wildman–Crippen LogP) is 4.40. The van der Waals surface area contributed by atoms with Crippen LogP contribution in [0.4, 0.5) is 0 Å². The van der Waals surface area contributed by atoms with Crippen molar-refractivity contribution in [1.29, 1.82) is 0 Å². The van der Waals surface area contributed by atoms with Gasteiger partial charge in [-0.1, -0.05) is 6.92 Å². The largest absolute Gasteiger partial charge is 0.310 e. The topological polar surface area (TPSA) is 24.9 Å². The lowest BCUT2D eigenvalue weighted by Gasteiger charge is -2.16. The summed E-state index contributed by atoms with van der Waals surface area (Å²) in [6.07, 6.45) is 4.72. The molecule has 0 radical (unpaired) electrons. The third-order valence-electron chi connectivity index (χ3n) is 2.64. The lowest BCUT2D eigenvalue weighted by molar-refractivity contribution is 0.550. The molecule has 0 aromatic carbocycles. The summed E-state index contributed by atoms with van der Waals surface area (Å²) < 4.78 is 2.37. The van der Waals surface area contributed by atoms with E-state index >= 15 is 0 Å². The SMILES string of the molecule is CCNC(Cc1cncc(Br)c1)c1csc(I)c1. The minimum atomic E-state index is 0.367. The van der Waals surface area contributed by atoms with Gasteiger partial charge in [-0.05, 0) is 80.1 Å². The van der Waals surface area contributed by atoms with Crippen molar-refractivity contribution < 1.29 is 0 Å². The Morgan fingerprint density at radius 1 is 1.44 bits per heavy atom. The lowest BCUT2D eigenvalue weighted by atomic mass is 10.0. The molecule has 0 aliphatic carbocycles. The number of hydrogen-bond acceptors (Lipinski definition) is 3. The Balaban J connectivity index is 2.16. The molecule has 2 nitrogen and oxygen atoms in total. The molecule has 5 heteroatoms. The van der Waals surface area contributed by atoms with Crippen molar-refractivity contribution in [3.8, 4) is 0 Å².